The molecule has 0 aromatic heterocycles. The Bertz CT molecular complexity index is 317. The van der Waals surface area contributed by atoms with E-state index in [2.05, 4.69) is 19.0 Å². The second kappa shape index (κ2) is 6.61. The van der Waals surface area contributed by atoms with E-state index in [0.717, 1.165) is 25.8 Å². The van der Waals surface area contributed by atoms with Crippen LogP contribution in [0.2, 0.25) is 0 Å². The summed E-state index contributed by atoms with van der Waals surface area (Å²) in [7, 11) is 0. The zero-order valence-corrected chi connectivity index (χ0v) is 11.6. The summed E-state index contributed by atoms with van der Waals surface area (Å²) in [4.78, 5) is 14.4. The molecule has 1 heterocycles. The molecule has 104 valence electrons. The van der Waals surface area contributed by atoms with E-state index in [-0.39, 0.29) is 17.8 Å². The van der Waals surface area contributed by atoms with Gasteiger partial charge < -0.3 is 15.8 Å². The summed E-state index contributed by atoms with van der Waals surface area (Å²) in [5.74, 6) is 0.0727. The highest BCUT2D eigenvalue weighted by atomic mass is 16.4. The number of rotatable bonds is 4. The van der Waals surface area contributed by atoms with Crippen LogP contribution in [0, 0.1) is 11.8 Å². The van der Waals surface area contributed by atoms with Crippen molar-refractivity contribution < 1.29 is 10.0 Å². The number of carbonyl (C=O) groups excluding carboxylic acids is 1. The molecule has 5 heteroatoms. The van der Waals surface area contributed by atoms with Gasteiger partial charge in [-0.2, -0.15) is 0 Å². The van der Waals surface area contributed by atoms with Crippen molar-refractivity contribution in [3.63, 3.8) is 0 Å². The third kappa shape index (κ3) is 3.15. The molecule has 0 aromatic rings. The highest BCUT2D eigenvalue weighted by Gasteiger charge is 2.33. The van der Waals surface area contributed by atoms with Crippen molar-refractivity contribution in [1.29, 1.82) is 0 Å². The van der Waals surface area contributed by atoms with E-state index in [1.165, 1.54) is 0 Å². The lowest BCUT2D eigenvalue weighted by Crippen LogP contribution is -2.50. The second-order valence-corrected chi connectivity index (χ2v) is 5.26. The van der Waals surface area contributed by atoms with Crippen molar-refractivity contribution in [2.75, 3.05) is 6.54 Å². The van der Waals surface area contributed by atoms with Gasteiger partial charge in [-0.3, -0.25) is 4.79 Å². The summed E-state index contributed by atoms with van der Waals surface area (Å²) in [6.45, 7) is 7.02. The first-order valence-electron chi connectivity index (χ1n) is 6.80. The van der Waals surface area contributed by atoms with Gasteiger partial charge in [-0.1, -0.05) is 25.4 Å². The van der Waals surface area contributed by atoms with Gasteiger partial charge in [0.2, 0.25) is 5.91 Å². The van der Waals surface area contributed by atoms with Crippen LogP contribution in [0.4, 0.5) is 0 Å². The van der Waals surface area contributed by atoms with Crippen LogP contribution in [0.3, 0.4) is 0 Å². The number of piperidine rings is 1. The van der Waals surface area contributed by atoms with Crippen LogP contribution in [0.25, 0.3) is 0 Å². The minimum Gasteiger partial charge on any atom is -0.409 e. The van der Waals surface area contributed by atoms with Crippen LogP contribution in [0.1, 0.15) is 46.5 Å². The fourth-order valence-electron chi connectivity index (χ4n) is 2.60. The van der Waals surface area contributed by atoms with Crippen LogP contribution >= 0.6 is 0 Å². The number of hydrogen-bond donors (Lipinski definition) is 2. The maximum absolute atomic E-state index is 12.5. The first kappa shape index (κ1) is 14.8. The van der Waals surface area contributed by atoms with E-state index in [4.69, 9.17) is 10.9 Å². The Morgan fingerprint density at radius 3 is 2.78 bits per heavy atom. The topological polar surface area (TPSA) is 78.9 Å². The van der Waals surface area contributed by atoms with E-state index < -0.39 is 5.92 Å². The molecule has 1 rings (SSSR count). The third-order valence-corrected chi connectivity index (χ3v) is 4.00. The number of hydrogen-bond acceptors (Lipinski definition) is 3. The lowest BCUT2D eigenvalue weighted by atomic mass is 9.90. The first-order valence-corrected chi connectivity index (χ1v) is 6.80. The van der Waals surface area contributed by atoms with Gasteiger partial charge in [0.1, 0.15) is 0 Å². The average Bonchev–Trinajstić information content (AvgIpc) is 2.37. The molecule has 5 nitrogen and oxygen atoms in total. The molecule has 0 radical (unpaired) electrons. The van der Waals surface area contributed by atoms with Crippen molar-refractivity contribution in [2.24, 2.45) is 22.7 Å². The summed E-state index contributed by atoms with van der Waals surface area (Å²) in [6, 6.07) is 0.233. The first-order chi connectivity index (χ1) is 8.52. The van der Waals surface area contributed by atoms with Crippen LogP contribution in [-0.2, 0) is 4.79 Å². The molecule has 1 saturated heterocycles. The minimum atomic E-state index is -0.479. The average molecular weight is 255 g/mol. The third-order valence-electron chi connectivity index (χ3n) is 4.00. The molecule has 3 atom stereocenters. The lowest BCUT2D eigenvalue weighted by molar-refractivity contribution is -0.138. The van der Waals surface area contributed by atoms with E-state index in [1.54, 1.807) is 0 Å². The highest BCUT2D eigenvalue weighted by Crippen LogP contribution is 2.25. The van der Waals surface area contributed by atoms with Gasteiger partial charge in [0.25, 0.3) is 0 Å². The van der Waals surface area contributed by atoms with Crippen molar-refractivity contribution in [3.05, 3.63) is 0 Å². The predicted octanol–water partition coefficient (Wildman–Crippen LogP) is 1.80. The van der Waals surface area contributed by atoms with Crippen molar-refractivity contribution in [2.45, 2.75) is 52.5 Å². The maximum atomic E-state index is 12.5. The number of nitrogens with two attached hydrogens (primary N) is 1. The molecule has 3 unspecified atom stereocenters. The molecule has 0 aromatic carbocycles. The number of carbonyl (C=O) groups is 1. The molecule has 18 heavy (non-hydrogen) atoms. The molecule has 0 saturated carbocycles. The predicted molar refractivity (Wildman–Crippen MR) is 71.4 cm³/mol. The number of amidine groups is 1. The van der Waals surface area contributed by atoms with Crippen molar-refractivity contribution >= 4 is 11.7 Å². The molecule has 1 amide bonds. The Morgan fingerprint density at radius 2 is 2.22 bits per heavy atom. The molecule has 3 N–H and O–H groups in total. The van der Waals surface area contributed by atoms with Crippen molar-refractivity contribution in [1.82, 2.24) is 4.90 Å². The quantitative estimate of drug-likeness (QED) is 0.348. The fourth-order valence-corrected chi connectivity index (χ4v) is 2.60. The summed E-state index contributed by atoms with van der Waals surface area (Å²) in [6.07, 6.45) is 3.66. The summed E-state index contributed by atoms with van der Waals surface area (Å²) in [5, 5.41) is 11.8. The molecule has 1 aliphatic rings. The van der Waals surface area contributed by atoms with Gasteiger partial charge >= 0.3 is 0 Å². The van der Waals surface area contributed by atoms with Crippen LogP contribution < -0.4 is 5.73 Å². The van der Waals surface area contributed by atoms with Crippen LogP contribution in [-0.4, -0.2) is 34.4 Å². The van der Waals surface area contributed by atoms with Gasteiger partial charge in [-0.15, -0.1) is 0 Å². The summed E-state index contributed by atoms with van der Waals surface area (Å²) >= 11 is 0. The summed E-state index contributed by atoms with van der Waals surface area (Å²) < 4.78 is 0. The highest BCUT2D eigenvalue weighted by molar-refractivity contribution is 6.02. The van der Waals surface area contributed by atoms with Gasteiger partial charge in [0.15, 0.2) is 5.84 Å². The standard InChI is InChI=1S/C13H25N3O2/c1-4-6-11(12(14)15-18)13(17)16-8-5-7-9(2)10(16)3/h9-11,18H,4-8H2,1-3H3,(H2,14,15). The van der Waals surface area contributed by atoms with Crippen LogP contribution in [0.5, 0.6) is 0 Å². The molecular weight excluding hydrogens is 230 g/mol. The van der Waals surface area contributed by atoms with Gasteiger partial charge in [0.05, 0.1) is 5.92 Å². The van der Waals surface area contributed by atoms with E-state index in [1.807, 2.05) is 11.8 Å². The van der Waals surface area contributed by atoms with E-state index >= 15 is 0 Å². The zero-order chi connectivity index (χ0) is 13.7. The minimum absolute atomic E-state index is 0.00574. The molecule has 1 aliphatic heterocycles. The maximum Gasteiger partial charge on any atom is 0.233 e. The Hall–Kier alpha value is -1.26. The molecule has 0 bridgehead atoms. The molecule has 1 fully saturated rings. The second-order valence-electron chi connectivity index (χ2n) is 5.26. The Kier molecular flexibility index (Phi) is 5.44. The summed E-state index contributed by atoms with van der Waals surface area (Å²) in [5.41, 5.74) is 5.64. The molecule has 0 spiro atoms. The van der Waals surface area contributed by atoms with Gasteiger partial charge in [-0.25, -0.2) is 0 Å². The molecule has 0 aliphatic carbocycles. The van der Waals surface area contributed by atoms with E-state index in [0.29, 0.717) is 12.3 Å². The Labute approximate surface area is 109 Å². The number of nitrogens with zero attached hydrogens (tertiary/aromatic N) is 2. The number of oxime groups is 1. The number of amides is 1. The van der Waals surface area contributed by atoms with Crippen LogP contribution in [0.15, 0.2) is 5.16 Å². The lowest BCUT2D eigenvalue weighted by Gasteiger charge is -2.39. The van der Waals surface area contributed by atoms with Gasteiger partial charge in [-0.05, 0) is 32.1 Å². The number of likely N-dealkylation sites (tertiary alicyclic amines) is 1. The SMILES string of the molecule is CCCC(C(=O)N1CCCC(C)C1C)C(N)=NO. The fraction of sp³-hybridized carbons (Fsp3) is 0.846. The monoisotopic (exact) mass is 255 g/mol. The Balaban J connectivity index is 2.82. The largest absolute Gasteiger partial charge is 0.409 e. The Morgan fingerprint density at radius 1 is 1.56 bits per heavy atom. The zero-order valence-electron chi connectivity index (χ0n) is 11.6. The van der Waals surface area contributed by atoms with Crippen molar-refractivity contribution in [3.8, 4) is 0 Å². The smallest absolute Gasteiger partial charge is 0.233 e. The van der Waals surface area contributed by atoms with Gasteiger partial charge in [0, 0.05) is 12.6 Å². The normalized spacial score (nSPS) is 27.1. The molecular formula is C13H25N3O2. The van der Waals surface area contributed by atoms with E-state index in [9.17, 15) is 4.79 Å².